The van der Waals surface area contributed by atoms with Crippen molar-refractivity contribution < 1.29 is 9.13 Å². The fourth-order valence-corrected chi connectivity index (χ4v) is 3.18. The van der Waals surface area contributed by atoms with Crippen molar-refractivity contribution in [2.24, 2.45) is 5.73 Å². The average Bonchev–Trinajstić information content (AvgIpc) is 2.78. The van der Waals surface area contributed by atoms with Crippen LogP contribution in [0.15, 0.2) is 29.6 Å². The lowest BCUT2D eigenvalue weighted by molar-refractivity contribution is 0.383. The Balaban J connectivity index is 2.19. The van der Waals surface area contributed by atoms with E-state index in [2.05, 4.69) is 22.6 Å². The highest BCUT2D eigenvalue weighted by Crippen LogP contribution is 2.26. The van der Waals surface area contributed by atoms with Gasteiger partial charge in [-0.1, -0.05) is 12.1 Å². The van der Waals surface area contributed by atoms with Gasteiger partial charge in [0, 0.05) is 6.04 Å². The lowest BCUT2D eigenvalue weighted by atomic mass is 10.0. The summed E-state index contributed by atoms with van der Waals surface area (Å²) in [5.74, 6) is -0.0556. The van der Waals surface area contributed by atoms with Crippen LogP contribution in [0.25, 0.3) is 0 Å². The largest absolute Gasteiger partial charge is 0.494 e. The van der Waals surface area contributed by atoms with Crippen LogP contribution in [0.2, 0.25) is 0 Å². The number of halogens is 2. The first kappa shape index (κ1) is 13.8. The Kier molecular flexibility index (Phi) is 4.58. The van der Waals surface area contributed by atoms with Gasteiger partial charge >= 0.3 is 0 Å². The maximum absolute atomic E-state index is 14.0. The van der Waals surface area contributed by atoms with Gasteiger partial charge in [-0.15, -0.1) is 11.3 Å². The van der Waals surface area contributed by atoms with Gasteiger partial charge < -0.3 is 10.5 Å². The zero-order valence-corrected chi connectivity index (χ0v) is 12.8. The van der Waals surface area contributed by atoms with Crippen LogP contribution in [-0.4, -0.2) is 7.11 Å². The third kappa shape index (κ3) is 3.02. The number of hydrogen-bond acceptors (Lipinski definition) is 3. The Bertz CT molecular complexity index is 544. The molecule has 1 atom stereocenters. The quantitative estimate of drug-likeness (QED) is 0.824. The molecule has 0 bridgehead atoms. The Morgan fingerprint density at radius 1 is 1.50 bits per heavy atom. The van der Waals surface area contributed by atoms with Crippen LogP contribution in [0.5, 0.6) is 5.75 Å². The lowest BCUT2D eigenvalue weighted by Crippen LogP contribution is -2.13. The van der Waals surface area contributed by atoms with Crippen molar-refractivity contribution in [2.75, 3.05) is 7.11 Å². The highest BCUT2D eigenvalue weighted by atomic mass is 127. The first-order chi connectivity index (χ1) is 8.61. The molecule has 1 unspecified atom stereocenters. The standard InChI is InChI=1S/C13H13FINOS/c1-17-11-4-2-3-8(13(11)14)5-10(16)9-6-12(15)18-7-9/h2-4,6-7,10H,5,16H2,1H3. The molecule has 0 saturated carbocycles. The first-order valence-corrected chi connectivity index (χ1v) is 7.38. The molecule has 2 nitrogen and oxygen atoms in total. The highest BCUT2D eigenvalue weighted by Gasteiger charge is 2.14. The van der Waals surface area contributed by atoms with Crippen LogP contribution in [-0.2, 0) is 6.42 Å². The minimum atomic E-state index is -0.319. The number of benzene rings is 1. The minimum absolute atomic E-state index is 0.189. The van der Waals surface area contributed by atoms with Crippen LogP contribution >= 0.6 is 33.9 Å². The summed E-state index contributed by atoms with van der Waals surface area (Å²) in [6.45, 7) is 0. The molecule has 2 rings (SSSR count). The van der Waals surface area contributed by atoms with Crippen molar-refractivity contribution in [1.29, 1.82) is 0 Å². The van der Waals surface area contributed by atoms with Gasteiger partial charge in [-0.25, -0.2) is 4.39 Å². The Morgan fingerprint density at radius 2 is 2.28 bits per heavy atom. The molecule has 2 aromatic rings. The van der Waals surface area contributed by atoms with Gasteiger partial charge in [0.2, 0.25) is 0 Å². The van der Waals surface area contributed by atoms with Gasteiger partial charge in [-0.2, -0.15) is 0 Å². The van der Waals surface area contributed by atoms with Gasteiger partial charge in [0.05, 0.1) is 9.99 Å². The topological polar surface area (TPSA) is 35.2 Å². The van der Waals surface area contributed by atoms with E-state index in [9.17, 15) is 4.39 Å². The summed E-state index contributed by atoms with van der Waals surface area (Å²) in [5, 5.41) is 2.02. The molecule has 0 aliphatic carbocycles. The van der Waals surface area contributed by atoms with Gasteiger partial charge in [0.15, 0.2) is 11.6 Å². The van der Waals surface area contributed by atoms with E-state index in [4.69, 9.17) is 10.5 Å². The molecule has 2 N–H and O–H groups in total. The molecule has 5 heteroatoms. The molecular weight excluding hydrogens is 364 g/mol. The minimum Gasteiger partial charge on any atom is -0.494 e. The Labute approximate surface area is 123 Å². The van der Waals surface area contributed by atoms with E-state index in [-0.39, 0.29) is 17.6 Å². The van der Waals surface area contributed by atoms with Crippen molar-refractivity contribution in [1.82, 2.24) is 0 Å². The SMILES string of the molecule is COc1cccc(CC(N)c2csc(I)c2)c1F. The monoisotopic (exact) mass is 377 g/mol. The van der Waals surface area contributed by atoms with E-state index in [0.717, 1.165) is 5.56 Å². The summed E-state index contributed by atoms with van der Waals surface area (Å²) in [4.78, 5) is 0. The number of ether oxygens (including phenoxy) is 1. The van der Waals surface area contributed by atoms with Crippen LogP contribution in [0.3, 0.4) is 0 Å². The van der Waals surface area contributed by atoms with E-state index in [1.807, 2.05) is 11.4 Å². The summed E-state index contributed by atoms with van der Waals surface area (Å²) in [6, 6.07) is 6.98. The van der Waals surface area contributed by atoms with Gasteiger partial charge in [0.1, 0.15) is 0 Å². The van der Waals surface area contributed by atoms with E-state index < -0.39 is 0 Å². The summed E-state index contributed by atoms with van der Waals surface area (Å²) in [7, 11) is 1.46. The van der Waals surface area contributed by atoms with Gasteiger partial charge in [-0.3, -0.25) is 0 Å². The van der Waals surface area contributed by atoms with Crippen LogP contribution < -0.4 is 10.5 Å². The second-order valence-corrected chi connectivity index (χ2v) is 6.73. The highest BCUT2D eigenvalue weighted by molar-refractivity contribution is 14.1. The predicted molar refractivity (Wildman–Crippen MR) is 80.6 cm³/mol. The number of nitrogens with two attached hydrogens (primary N) is 1. The molecular formula is C13H13FINOS. The summed E-state index contributed by atoms with van der Waals surface area (Å²) in [6.07, 6.45) is 0.468. The van der Waals surface area contributed by atoms with E-state index in [1.165, 1.54) is 9.99 Å². The van der Waals surface area contributed by atoms with E-state index in [0.29, 0.717) is 12.0 Å². The molecule has 18 heavy (non-hydrogen) atoms. The average molecular weight is 377 g/mol. The van der Waals surface area contributed by atoms with Crippen molar-refractivity contribution in [2.45, 2.75) is 12.5 Å². The normalized spacial score (nSPS) is 12.4. The third-order valence-electron chi connectivity index (χ3n) is 2.72. The fraction of sp³-hybridized carbons (Fsp3) is 0.231. The second kappa shape index (κ2) is 5.99. The number of methoxy groups -OCH3 is 1. The van der Waals surface area contributed by atoms with Crippen LogP contribution in [0.4, 0.5) is 4.39 Å². The fourth-order valence-electron chi connectivity index (χ4n) is 1.74. The van der Waals surface area contributed by atoms with Crippen molar-refractivity contribution in [3.05, 3.63) is 49.5 Å². The smallest absolute Gasteiger partial charge is 0.168 e. The molecule has 0 aliphatic rings. The molecule has 1 aromatic carbocycles. The van der Waals surface area contributed by atoms with Crippen molar-refractivity contribution >= 4 is 33.9 Å². The zero-order valence-electron chi connectivity index (χ0n) is 9.82. The Morgan fingerprint density at radius 3 is 2.89 bits per heavy atom. The van der Waals surface area contributed by atoms with E-state index in [1.54, 1.807) is 29.5 Å². The molecule has 1 heterocycles. The number of rotatable bonds is 4. The Hall–Kier alpha value is -0.660. The van der Waals surface area contributed by atoms with Crippen LogP contribution in [0, 0.1) is 8.70 Å². The second-order valence-electron chi connectivity index (χ2n) is 3.93. The summed E-state index contributed by atoms with van der Waals surface area (Å²) in [5.41, 5.74) is 7.73. The summed E-state index contributed by atoms with van der Waals surface area (Å²) >= 11 is 3.90. The molecule has 96 valence electrons. The molecule has 0 fully saturated rings. The van der Waals surface area contributed by atoms with Gasteiger partial charge in [-0.05, 0) is 57.7 Å². The summed E-state index contributed by atoms with van der Waals surface area (Å²) < 4.78 is 20.1. The van der Waals surface area contributed by atoms with Gasteiger partial charge in [0.25, 0.3) is 0 Å². The molecule has 0 radical (unpaired) electrons. The lowest BCUT2D eigenvalue weighted by Gasteiger charge is -2.12. The number of hydrogen-bond donors (Lipinski definition) is 1. The van der Waals surface area contributed by atoms with Crippen LogP contribution in [0.1, 0.15) is 17.2 Å². The molecule has 0 amide bonds. The maximum Gasteiger partial charge on any atom is 0.168 e. The van der Waals surface area contributed by atoms with Crippen molar-refractivity contribution in [3.63, 3.8) is 0 Å². The maximum atomic E-state index is 14.0. The molecule has 0 spiro atoms. The number of thiophene rings is 1. The molecule has 1 aromatic heterocycles. The van der Waals surface area contributed by atoms with Crippen molar-refractivity contribution in [3.8, 4) is 5.75 Å². The first-order valence-electron chi connectivity index (χ1n) is 5.42. The third-order valence-corrected chi connectivity index (χ3v) is 4.53. The predicted octanol–water partition coefficient (Wildman–Crippen LogP) is 3.74. The molecule has 0 saturated heterocycles. The molecule has 0 aliphatic heterocycles. The zero-order chi connectivity index (χ0) is 13.1. The van der Waals surface area contributed by atoms with E-state index >= 15 is 0 Å².